The Labute approximate surface area is 177 Å². The molecule has 2 aromatic carbocycles. The Kier molecular flexibility index (Phi) is 5.96. The first kappa shape index (κ1) is 20.2. The van der Waals surface area contributed by atoms with Crippen LogP contribution in [0.4, 0.5) is 0 Å². The summed E-state index contributed by atoms with van der Waals surface area (Å²) in [5.41, 5.74) is 1.79. The quantitative estimate of drug-likeness (QED) is 0.361. The molecule has 5 nitrogen and oxygen atoms in total. The van der Waals surface area contributed by atoms with Crippen molar-refractivity contribution in [1.82, 2.24) is 9.13 Å². The van der Waals surface area contributed by atoms with Crippen LogP contribution in [-0.4, -0.2) is 15.4 Å². The maximum absolute atomic E-state index is 11.8. The lowest BCUT2D eigenvalue weighted by molar-refractivity contribution is 0.112. The number of nitrogens with zero attached hydrogens (tertiary/aromatic N) is 2. The monoisotopic (exact) mass is 502 g/mol. The summed E-state index contributed by atoms with van der Waals surface area (Å²) in [6.45, 7) is 0. The van der Waals surface area contributed by atoms with Crippen LogP contribution in [0.15, 0.2) is 73.4 Å². The molecule has 0 amide bonds. The summed E-state index contributed by atoms with van der Waals surface area (Å²) in [5.74, 6) is 0. The first-order chi connectivity index (χ1) is 13.3. The SMILES string of the molecule is Cn1cc(C=O)c(=O)c2ccc(Br)cc21.Cn1ccc(=O)c2ccc(Br)cc21. The molecule has 0 atom stereocenters. The molecule has 0 bridgehead atoms. The molecule has 142 valence electrons. The molecule has 0 saturated heterocycles. The summed E-state index contributed by atoms with van der Waals surface area (Å²) in [6, 6.07) is 12.6. The van der Waals surface area contributed by atoms with E-state index in [-0.39, 0.29) is 16.4 Å². The molecule has 0 radical (unpaired) electrons. The number of aromatic nitrogens is 2. The average Bonchev–Trinajstić information content (AvgIpc) is 2.68. The van der Waals surface area contributed by atoms with Gasteiger partial charge >= 0.3 is 0 Å². The summed E-state index contributed by atoms with van der Waals surface area (Å²) in [7, 11) is 3.73. The van der Waals surface area contributed by atoms with Crippen molar-refractivity contribution in [3.05, 3.63) is 89.8 Å². The van der Waals surface area contributed by atoms with Gasteiger partial charge in [0.25, 0.3) is 0 Å². The maximum atomic E-state index is 11.8. The topological polar surface area (TPSA) is 61.1 Å². The standard InChI is InChI=1S/C11H8BrNO2.C10H8BrNO/c1-13-5-7(6-14)11(15)9-3-2-8(12)4-10(9)13;1-12-5-4-10(13)8-3-2-7(11)6-9(8)12/h2-6H,1H3;2-6H,1H3. The zero-order valence-corrected chi connectivity index (χ0v) is 18.3. The minimum absolute atomic E-state index is 0.0700. The van der Waals surface area contributed by atoms with Gasteiger partial charge < -0.3 is 9.13 Å². The van der Waals surface area contributed by atoms with E-state index in [4.69, 9.17) is 0 Å². The lowest BCUT2D eigenvalue weighted by atomic mass is 10.1. The van der Waals surface area contributed by atoms with Crippen LogP contribution < -0.4 is 10.9 Å². The minimum atomic E-state index is -0.217. The Morgan fingerprint density at radius 3 is 2.00 bits per heavy atom. The summed E-state index contributed by atoms with van der Waals surface area (Å²) < 4.78 is 5.59. The maximum Gasteiger partial charge on any atom is 0.199 e. The van der Waals surface area contributed by atoms with Crippen LogP contribution in [0.5, 0.6) is 0 Å². The van der Waals surface area contributed by atoms with Gasteiger partial charge in [0.2, 0.25) is 0 Å². The Bertz CT molecular complexity index is 1320. The molecule has 4 aromatic rings. The Hall–Kier alpha value is -2.51. The lowest BCUT2D eigenvalue weighted by Gasteiger charge is -2.06. The minimum Gasteiger partial charge on any atom is -0.350 e. The molecular weight excluding hydrogens is 488 g/mol. The third kappa shape index (κ3) is 4.00. The molecule has 0 aliphatic heterocycles. The number of aldehydes is 1. The number of benzene rings is 2. The zero-order chi connectivity index (χ0) is 20.4. The van der Waals surface area contributed by atoms with E-state index in [2.05, 4.69) is 31.9 Å². The van der Waals surface area contributed by atoms with Crippen LogP contribution in [0.3, 0.4) is 0 Å². The highest BCUT2D eigenvalue weighted by Crippen LogP contribution is 2.17. The van der Waals surface area contributed by atoms with Crippen molar-refractivity contribution >= 4 is 60.0 Å². The van der Waals surface area contributed by atoms with E-state index >= 15 is 0 Å². The number of pyridine rings is 2. The molecule has 0 N–H and O–H groups in total. The lowest BCUT2D eigenvalue weighted by Crippen LogP contribution is -2.12. The Morgan fingerprint density at radius 1 is 0.821 bits per heavy atom. The number of hydrogen-bond acceptors (Lipinski definition) is 3. The van der Waals surface area contributed by atoms with Crippen molar-refractivity contribution in [2.24, 2.45) is 14.1 Å². The van der Waals surface area contributed by atoms with Gasteiger partial charge in [-0.15, -0.1) is 0 Å². The summed E-state index contributed by atoms with van der Waals surface area (Å²) in [6.07, 6.45) is 3.91. The molecule has 2 aromatic heterocycles. The Balaban J connectivity index is 0.000000162. The van der Waals surface area contributed by atoms with Crippen molar-refractivity contribution in [1.29, 1.82) is 0 Å². The van der Waals surface area contributed by atoms with Crippen LogP contribution in [0.2, 0.25) is 0 Å². The third-order valence-corrected chi connectivity index (χ3v) is 5.35. The highest BCUT2D eigenvalue weighted by atomic mass is 79.9. The number of aryl methyl sites for hydroxylation is 2. The fourth-order valence-electron chi connectivity index (χ4n) is 2.92. The van der Waals surface area contributed by atoms with E-state index in [9.17, 15) is 14.4 Å². The summed E-state index contributed by atoms with van der Waals surface area (Å²) >= 11 is 6.72. The second-order valence-electron chi connectivity index (χ2n) is 6.26. The molecule has 0 aliphatic rings. The molecule has 0 aliphatic carbocycles. The van der Waals surface area contributed by atoms with Gasteiger partial charge in [-0.2, -0.15) is 0 Å². The fraction of sp³-hybridized carbons (Fsp3) is 0.0952. The van der Waals surface area contributed by atoms with Crippen molar-refractivity contribution in [2.45, 2.75) is 0 Å². The van der Waals surface area contributed by atoms with Gasteiger partial charge in [0.15, 0.2) is 17.1 Å². The molecule has 4 rings (SSSR count). The highest BCUT2D eigenvalue weighted by Gasteiger charge is 2.06. The molecule has 0 fully saturated rings. The van der Waals surface area contributed by atoms with Crippen LogP contribution in [0.1, 0.15) is 10.4 Å². The predicted molar refractivity (Wildman–Crippen MR) is 119 cm³/mol. The molecule has 0 spiro atoms. The molecule has 0 saturated carbocycles. The largest absolute Gasteiger partial charge is 0.350 e. The molecule has 2 heterocycles. The van der Waals surface area contributed by atoms with E-state index in [0.29, 0.717) is 11.7 Å². The number of fused-ring (bicyclic) bond motifs is 2. The zero-order valence-electron chi connectivity index (χ0n) is 15.1. The third-order valence-electron chi connectivity index (χ3n) is 4.36. The smallest absolute Gasteiger partial charge is 0.199 e. The van der Waals surface area contributed by atoms with Crippen LogP contribution in [0, 0.1) is 0 Å². The van der Waals surface area contributed by atoms with Crippen molar-refractivity contribution in [2.75, 3.05) is 0 Å². The fourth-order valence-corrected chi connectivity index (χ4v) is 3.62. The van der Waals surface area contributed by atoms with E-state index in [1.807, 2.05) is 35.9 Å². The van der Waals surface area contributed by atoms with Gasteiger partial charge in [0.05, 0.1) is 16.6 Å². The average molecular weight is 504 g/mol. The number of rotatable bonds is 1. The summed E-state index contributed by atoms with van der Waals surface area (Å²) in [4.78, 5) is 33.8. The molecule has 28 heavy (non-hydrogen) atoms. The van der Waals surface area contributed by atoms with Gasteiger partial charge in [0, 0.05) is 52.3 Å². The first-order valence-electron chi connectivity index (χ1n) is 8.31. The van der Waals surface area contributed by atoms with Crippen molar-refractivity contribution in [3.63, 3.8) is 0 Å². The number of carbonyl (C=O) groups is 1. The van der Waals surface area contributed by atoms with Gasteiger partial charge in [-0.25, -0.2) is 0 Å². The normalized spacial score (nSPS) is 10.6. The number of hydrogen-bond donors (Lipinski definition) is 0. The van der Waals surface area contributed by atoms with Crippen molar-refractivity contribution in [3.8, 4) is 0 Å². The van der Waals surface area contributed by atoms with Crippen molar-refractivity contribution < 1.29 is 4.79 Å². The molecule has 0 unspecified atom stereocenters. The van der Waals surface area contributed by atoms with E-state index < -0.39 is 0 Å². The van der Waals surface area contributed by atoms with E-state index in [1.165, 1.54) is 0 Å². The van der Waals surface area contributed by atoms with Gasteiger partial charge in [-0.1, -0.05) is 31.9 Å². The van der Waals surface area contributed by atoms with Crippen LogP contribution >= 0.6 is 31.9 Å². The Morgan fingerprint density at radius 2 is 1.39 bits per heavy atom. The molecule has 7 heteroatoms. The first-order valence-corrected chi connectivity index (χ1v) is 9.89. The number of carbonyl (C=O) groups excluding carboxylic acids is 1. The van der Waals surface area contributed by atoms with E-state index in [1.54, 1.807) is 42.2 Å². The highest BCUT2D eigenvalue weighted by molar-refractivity contribution is 9.10. The number of halogens is 2. The van der Waals surface area contributed by atoms with Gasteiger partial charge in [0.1, 0.15) is 0 Å². The van der Waals surface area contributed by atoms with Crippen LogP contribution in [0.25, 0.3) is 21.8 Å². The second kappa shape index (κ2) is 8.24. The van der Waals surface area contributed by atoms with E-state index in [0.717, 1.165) is 25.4 Å². The van der Waals surface area contributed by atoms with Crippen LogP contribution in [-0.2, 0) is 14.1 Å². The van der Waals surface area contributed by atoms with Gasteiger partial charge in [-0.05, 0) is 36.4 Å². The second-order valence-corrected chi connectivity index (χ2v) is 8.09. The predicted octanol–water partition coefficient (Wildman–Crippen LogP) is 4.41. The summed E-state index contributed by atoms with van der Waals surface area (Å²) in [5, 5.41) is 1.32. The van der Waals surface area contributed by atoms with Gasteiger partial charge in [-0.3, -0.25) is 14.4 Å². The molecular formula is C21H16Br2N2O3.